The molecule has 0 aliphatic rings. The van der Waals surface area contributed by atoms with Gasteiger partial charge in [0.1, 0.15) is 5.82 Å². The number of aromatic nitrogens is 2. The van der Waals surface area contributed by atoms with Gasteiger partial charge in [0.2, 0.25) is 5.91 Å². The van der Waals surface area contributed by atoms with Crippen LogP contribution in [0.2, 0.25) is 0 Å². The maximum Gasteiger partial charge on any atom is 0.233 e. The Labute approximate surface area is 117 Å². The third-order valence-electron chi connectivity index (χ3n) is 3.12. The first-order chi connectivity index (χ1) is 9.15. The van der Waals surface area contributed by atoms with E-state index in [0.717, 1.165) is 23.3 Å². The number of carbonyl (C=O) groups excluding carboxylic acids is 1. The van der Waals surface area contributed by atoms with Gasteiger partial charge in [-0.05, 0) is 31.7 Å². The Morgan fingerprint density at radius 3 is 2.84 bits per heavy atom. The smallest absolute Gasteiger partial charge is 0.233 e. The summed E-state index contributed by atoms with van der Waals surface area (Å²) in [6, 6.07) is 7.75. The van der Waals surface area contributed by atoms with Crippen LogP contribution < -0.4 is 5.32 Å². The number of hydrogen-bond donors (Lipinski definition) is 2. The predicted octanol–water partition coefficient (Wildman–Crippen LogP) is 2.88. The number of aromatic amines is 1. The number of nitrogens with zero attached hydrogens (tertiary/aromatic N) is 1. The van der Waals surface area contributed by atoms with Crippen molar-refractivity contribution in [1.82, 2.24) is 15.3 Å². The summed E-state index contributed by atoms with van der Waals surface area (Å²) in [6.45, 7) is 3.97. The van der Waals surface area contributed by atoms with E-state index in [1.54, 1.807) is 11.8 Å². The monoisotopic (exact) mass is 277 g/mol. The molecule has 0 bridgehead atoms. The maximum atomic E-state index is 12.0. The number of thioether (sulfide) groups is 1. The Balaban J connectivity index is 2.11. The molecule has 1 aromatic carbocycles. The summed E-state index contributed by atoms with van der Waals surface area (Å²) < 4.78 is 0. The Bertz CT molecular complexity index is 530. The highest BCUT2D eigenvalue weighted by molar-refractivity contribution is 7.99. The van der Waals surface area contributed by atoms with Crippen LogP contribution in [-0.2, 0) is 4.79 Å². The molecule has 0 saturated heterocycles. The fraction of sp³-hybridized carbons (Fsp3) is 0.429. The van der Waals surface area contributed by atoms with Crippen LogP contribution in [0.15, 0.2) is 24.3 Å². The van der Waals surface area contributed by atoms with Gasteiger partial charge < -0.3 is 10.3 Å². The van der Waals surface area contributed by atoms with Crippen molar-refractivity contribution in [2.45, 2.75) is 31.6 Å². The Morgan fingerprint density at radius 1 is 1.47 bits per heavy atom. The van der Waals surface area contributed by atoms with Crippen LogP contribution in [-0.4, -0.2) is 27.4 Å². The minimum atomic E-state index is -0.110. The normalized spacial score (nSPS) is 14.3. The molecule has 2 unspecified atom stereocenters. The number of carbonyl (C=O) groups is 1. The third kappa shape index (κ3) is 3.10. The first kappa shape index (κ1) is 13.9. The SMILES string of the molecule is CCC(SC)C(=O)NC(C)c1nc2ccccc2[nH]1. The summed E-state index contributed by atoms with van der Waals surface area (Å²) in [6.07, 6.45) is 2.79. The predicted molar refractivity (Wildman–Crippen MR) is 80.2 cm³/mol. The highest BCUT2D eigenvalue weighted by Crippen LogP contribution is 2.17. The molecule has 1 heterocycles. The van der Waals surface area contributed by atoms with Gasteiger partial charge in [-0.2, -0.15) is 11.8 Å². The van der Waals surface area contributed by atoms with Gasteiger partial charge >= 0.3 is 0 Å². The van der Waals surface area contributed by atoms with Crippen molar-refractivity contribution in [1.29, 1.82) is 0 Å². The van der Waals surface area contributed by atoms with Gasteiger partial charge in [-0.1, -0.05) is 19.1 Å². The lowest BCUT2D eigenvalue weighted by molar-refractivity contribution is -0.121. The minimum Gasteiger partial charge on any atom is -0.345 e. The quantitative estimate of drug-likeness (QED) is 0.883. The number of imidazole rings is 1. The number of rotatable bonds is 5. The molecule has 2 aromatic rings. The van der Waals surface area contributed by atoms with E-state index in [-0.39, 0.29) is 17.2 Å². The molecule has 0 radical (unpaired) electrons. The summed E-state index contributed by atoms with van der Waals surface area (Å²) in [5, 5.41) is 3.01. The number of nitrogens with one attached hydrogen (secondary N) is 2. The van der Waals surface area contributed by atoms with E-state index < -0.39 is 0 Å². The molecule has 19 heavy (non-hydrogen) atoms. The van der Waals surface area contributed by atoms with E-state index >= 15 is 0 Å². The van der Waals surface area contributed by atoms with Crippen molar-refractivity contribution in [3.63, 3.8) is 0 Å². The zero-order valence-corrected chi connectivity index (χ0v) is 12.3. The van der Waals surface area contributed by atoms with Crippen molar-refractivity contribution < 1.29 is 4.79 Å². The molecule has 0 spiro atoms. The fourth-order valence-electron chi connectivity index (χ4n) is 2.01. The number of hydrogen-bond acceptors (Lipinski definition) is 3. The van der Waals surface area contributed by atoms with Crippen LogP contribution in [0.4, 0.5) is 0 Å². The second-order valence-electron chi connectivity index (χ2n) is 4.50. The maximum absolute atomic E-state index is 12.0. The highest BCUT2D eigenvalue weighted by atomic mass is 32.2. The van der Waals surface area contributed by atoms with Gasteiger partial charge in [0.25, 0.3) is 0 Å². The molecule has 1 aromatic heterocycles. The van der Waals surface area contributed by atoms with E-state index in [2.05, 4.69) is 15.3 Å². The highest BCUT2D eigenvalue weighted by Gasteiger charge is 2.19. The van der Waals surface area contributed by atoms with Crippen molar-refractivity contribution in [3.05, 3.63) is 30.1 Å². The van der Waals surface area contributed by atoms with Crippen molar-refractivity contribution in [2.24, 2.45) is 0 Å². The van der Waals surface area contributed by atoms with Crippen LogP contribution in [0, 0.1) is 0 Å². The number of H-pyrrole nitrogens is 1. The van der Waals surface area contributed by atoms with Gasteiger partial charge in [0.05, 0.1) is 22.3 Å². The summed E-state index contributed by atoms with van der Waals surface area (Å²) >= 11 is 1.58. The minimum absolute atomic E-state index is 0.00632. The molecule has 0 saturated carbocycles. The lowest BCUT2D eigenvalue weighted by Crippen LogP contribution is -2.34. The zero-order chi connectivity index (χ0) is 13.8. The summed E-state index contributed by atoms with van der Waals surface area (Å²) in [5.74, 6) is 0.869. The van der Waals surface area contributed by atoms with Gasteiger partial charge in [0.15, 0.2) is 0 Å². The molecule has 4 nitrogen and oxygen atoms in total. The third-order valence-corrected chi connectivity index (χ3v) is 4.24. The summed E-state index contributed by atoms with van der Waals surface area (Å²) in [7, 11) is 0. The van der Waals surface area contributed by atoms with Crippen LogP contribution >= 0.6 is 11.8 Å². The van der Waals surface area contributed by atoms with Gasteiger partial charge in [-0.25, -0.2) is 4.98 Å². The van der Waals surface area contributed by atoms with E-state index in [0.29, 0.717) is 0 Å². The van der Waals surface area contributed by atoms with Crippen LogP contribution in [0.3, 0.4) is 0 Å². The average molecular weight is 277 g/mol. The topological polar surface area (TPSA) is 57.8 Å². The number of benzene rings is 1. The molecule has 0 aliphatic carbocycles. The van der Waals surface area contributed by atoms with E-state index in [9.17, 15) is 4.79 Å². The lowest BCUT2D eigenvalue weighted by Gasteiger charge is -2.16. The standard InChI is InChI=1S/C14H19N3OS/c1-4-12(19-3)14(18)15-9(2)13-16-10-7-5-6-8-11(10)17-13/h5-9,12H,4H2,1-3H3,(H,15,18)(H,16,17). The van der Waals surface area contributed by atoms with Gasteiger partial charge in [0, 0.05) is 0 Å². The molecule has 5 heteroatoms. The zero-order valence-electron chi connectivity index (χ0n) is 11.4. The lowest BCUT2D eigenvalue weighted by atomic mass is 10.2. The van der Waals surface area contributed by atoms with E-state index in [1.807, 2.05) is 44.4 Å². The molecule has 2 rings (SSSR count). The fourth-order valence-corrected chi connectivity index (χ4v) is 2.63. The average Bonchev–Trinajstić information content (AvgIpc) is 2.84. The molecule has 102 valence electrons. The van der Waals surface area contributed by atoms with Gasteiger partial charge in [-0.3, -0.25) is 4.79 Å². The molecular formula is C14H19N3OS. The largest absolute Gasteiger partial charge is 0.345 e. The Hall–Kier alpha value is -1.49. The molecule has 0 aliphatic heterocycles. The van der Waals surface area contributed by atoms with Crippen LogP contribution in [0.1, 0.15) is 32.1 Å². The molecule has 1 amide bonds. The molecule has 0 fully saturated rings. The van der Waals surface area contributed by atoms with E-state index in [4.69, 9.17) is 0 Å². The molecule has 2 atom stereocenters. The molecule has 2 N–H and O–H groups in total. The van der Waals surface area contributed by atoms with Crippen molar-refractivity contribution in [3.8, 4) is 0 Å². The van der Waals surface area contributed by atoms with E-state index in [1.165, 1.54) is 0 Å². The number of fused-ring (bicyclic) bond motifs is 1. The molecular weight excluding hydrogens is 258 g/mol. The summed E-state index contributed by atoms with van der Waals surface area (Å²) in [4.78, 5) is 19.8. The Morgan fingerprint density at radius 2 is 2.21 bits per heavy atom. The second kappa shape index (κ2) is 6.10. The number of amides is 1. The van der Waals surface area contributed by atoms with Crippen LogP contribution in [0.5, 0.6) is 0 Å². The van der Waals surface area contributed by atoms with Crippen LogP contribution in [0.25, 0.3) is 11.0 Å². The van der Waals surface area contributed by atoms with Gasteiger partial charge in [-0.15, -0.1) is 0 Å². The number of para-hydroxylation sites is 2. The first-order valence-corrected chi connectivity index (χ1v) is 7.72. The Kier molecular flexibility index (Phi) is 4.47. The second-order valence-corrected chi connectivity index (χ2v) is 5.54. The summed E-state index contributed by atoms with van der Waals surface area (Å²) in [5.41, 5.74) is 1.92. The van der Waals surface area contributed by atoms with Crippen molar-refractivity contribution in [2.75, 3.05) is 6.26 Å². The first-order valence-electron chi connectivity index (χ1n) is 6.43. The van der Waals surface area contributed by atoms with Crippen molar-refractivity contribution >= 4 is 28.7 Å².